The van der Waals surface area contributed by atoms with Crippen LogP contribution in [0.25, 0.3) is 11.3 Å². The average Bonchev–Trinajstić information content (AvgIpc) is 2.78. The Morgan fingerprint density at radius 3 is 2.61 bits per heavy atom. The second-order valence-electron chi connectivity index (χ2n) is 4.26. The van der Waals surface area contributed by atoms with Crippen LogP contribution < -0.4 is 10.5 Å². The Labute approximate surface area is 107 Å². The number of ether oxygens (including phenoxy) is 1. The fraction of sp³-hybridized carbons (Fsp3) is 0.357. The second-order valence-corrected chi connectivity index (χ2v) is 4.26. The van der Waals surface area contributed by atoms with Crippen LogP contribution in [0.15, 0.2) is 30.3 Å². The van der Waals surface area contributed by atoms with Gasteiger partial charge in [-0.05, 0) is 30.7 Å². The molecule has 0 aliphatic carbocycles. The van der Waals surface area contributed by atoms with E-state index in [2.05, 4.69) is 12.0 Å². The molecule has 1 aromatic heterocycles. The number of aryl methyl sites for hydroxylation is 1. The summed E-state index contributed by atoms with van der Waals surface area (Å²) in [5.74, 6) is 1.56. The van der Waals surface area contributed by atoms with Gasteiger partial charge in [0.1, 0.15) is 11.6 Å². The van der Waals surface area contributed by atoms with E-state index in [1.165, 1.54) is 0 Å². The first kappa shape index (κ1) is 12.5. The number of benzene rings is 1. The second kappa shape index (κ2) is 5.58. The molecule has 2 N–H and O–H groups in total. The molecule has 0 radical (unpaired) electrons. The molecule has 1 heterocycles. The van der Waals surface area contributed by atoms with Gasteiger partial charge in [-0.15, -0.1) is 0 Å². The molecule has 2 aromatic rings. The fourth-order valence-corrected chi connectivity index (χ4v) is 1.82. The molecule has 0 saturated carbocycles. The Morgan fingerprint density at radius 2 is 2.00 bits per heavy atom. The Bertz CT molecular complexity index is 502. The van der Waals surface area contributed by atoms with E-state index in [4.69, 9.17) is 10.5 Å². The number of rotatable bonds is 5. The molecule has 4 heteroatoms. The van der Waals surface area contributed by atoms with E-state index >= 15 is 0 Å². The maximum absolute atomic E-state index is 5.95. The Hall–Kier alpha value is -1.97. The van der Waals surface area contributed by atoms with Crippen LogP contribution in [0.2, 0.25) is 0 Å². The van der Waals surface area contributed by atoms with E-state index in [0.29, 0.717) is 5.82 Å². The molecular weight excluding hydrogens is 226 g/mol. The van der Waals surface area contributed by atoms with Gasteiger partial charge >= 0.3 is 0 Å². The van der Waals surface area contributed by atoms with Gasteiger partial charge in [0.15, 0.2) is 0 Å². The highest BCUT2D eigenvalue weighted by atomic mass is 16.5. The van der Waals surface area contributed by atoms with Crippen molar-refractivity contribution < 1.29 is 4.74 Å². The van der Waals surface area contributed by atoms with Gasteiger partial charge in [-0.25, -0.2) is 4.68 Å². The van der Waals surface area contributed by atoms with Crippen molar-refractivity contribution in [1.82, 2.24) is 9.78 Å². The Balaban J connectivity index is 2.21. The van der Waals surface area contributed by atoms with Crippen LogP contribution in [-0.4, -0.2) is 16.9 Å². The number of anilines is 1. The maximum atomic E-state index is 5.95. The smallest absolute Gasteiger partial charge is 0.122 e. The van der Waals surface area contributed by atoms with Crippen LogP contribution in [0.4, 0.5) is 5.82 Å². The van der Waals surface area contributed by atoms with Gasteiger partial charge in [0.25, 0.3) is 0 Å². The first-order valence-electron chi connectivity index (χ1n) is 6.22. The summed E-state index contributed by atoms with van der Waals surface area (Å²) in [6, 6.07) is 9.75. The lowest BCUT2D eigenvalue weighted by molar-refractivity contribution is 0.415. The summed E-state index contributed by atoms with van der Waals surface area (Å²) < 4.78 is 7.00. The van der Waals surface area contributed by atoms with Gasteiger partial charge in [-0.2, -0.15) is 5.10 Å². The molecule has 0 bridgehead atoms. The van der Waals surface area contributed by atoms with Gasteiger partial charge in [0.2, 0.25) is 0 Å². The summed E-state index contributed by atoms with van der Waals surface area (Å²) in [7, 11) is 1.66. The van der Waals surface area contributed by atoms with E-state index in [9.17, 15) is 0 Å². The number of hydrogen-bond acceptors (Lipinski definition) is 3. The molecule has 0 spiro atoms. The number of nitrogen functional groups attached to an aromatic ring is 1. The van der Waals surface area contributed by atoms with Crippen LogP contribution in [0.5, 0.6) is 5.75 Å². The average molecular weight is 245 g/mol. The van der Waals surface area contributed by atoms with Crippen LogP contribution in [0, 0.1) is 0 Å². The van der Waals surface area contributed by atoms with Crippen molar-refractivity contribution in [2.45, 2.75) is 26.3 Å². The summed E-state index contributed by atoms with van der Waals surface area (Å²) >= 11 is 0. The third kappa shape index (κ3) is 2.64. The minimum atomic E-state index is 0.717. The SMILES string of the molecule is CCCCn1nc(-c2ccc(OC)cc2)cc1N. The summed E-state index contributed by atoms with van der Waals surface area (Å²) in [5.41, 5.74) is 7.91. The van der Waals surface area contributed by atoms with Gasteiger partial charge < -0.3 is 10.5 Å². The number of methoxy groups -OCH3 is 1. The highest BCUT2D eigenvalue weighted by Gasteiger charge is 2.06. The lowest BCUT2D eigenvalue weighted by atomic mass is 10.1. The van der Waals surface area contributed by atoms with Crippen molar-refractivity contribution in [3.63, 3.8) is 0 Å². The first-order valence-corrected chi connectivity index (χ1v) is 6.22. The van der Waals surface area contributed by atoms with Gasteiger partial charge in [0.05, 0.1) is 12.8 Å². The highest BCUT2D eigenvalue weighted by Crippen LogP contribution is 2.23. The summed E-state index contributed by atoms with van der Waals surface area (Å²) in [4.78, 5) is 0. The molecule has 96 valence electrons. The predicted octanol–water partition coefficient (Wildman–Crippen LogP) is 2.94. The molecule has 0 fully saturated rings. The third-order valence-electron chi connectivity index (χ3n) is 2.92. The standard InChI is InChI=1S/C14H19N3O/c1-3-4-9-17-14(15)10-13(16-17)11-5-7-12(18-2)8-6-11/h5-8,10H,3-4,9,15H2,1-2H3. The summed E-state index contributed by atoms with van der Waals surface area (Å²) in [6.07, 6.45) is 2.23. The van der Waals surface area contributed by atoms with Crippen LogP contribution in [0.3, 0.4) is 0 Å². The van der Waals surface area contributed by atoms with E-state index < -0.39 is 0 Å². The molecule has 18 heavy (non-hydrogen) atoms. The van der Waals surface area contributed by atoms with Crippen molar-refractivity contribution >= 4 is 5.82 Å². The Kier molecular flexibility index (Phi) is 3.87. The van der Waals surface area contributed by atoms with Crippen LogP contribution in [0.1, 0.15) is 19.8 Å². The van der Waals surface area contributed by atoms with Gasteiger partial charge in [-0.1, -0.05) is 13.3 Å². The number of nitrogens with zero attached hydrogens (tertiary/aromatic N) is 2. The molecule has 0 saturated heterocycles. The van der Waals surface area contributed by atoms with E-state index in [1.54, 1.807) is 7.11 Å². The number of unbranched alkanes of at least 4 members (excludes halogenated alkanes) is 1. The molecule has 1 aromatic carbocycles. The summed E-state index contributed by atoms with van der Waals surface area (Å²) in [5, 5.41) is 4.52. The van der Waals surface area contributed by atoms with Crippen molar-refractivity contribution in [2.75, 3.05) is 12.8 Å². The van der Waals surface area contributed by atoms with Gasteiger partial charge in [0, 0.05) is 18.2 Å². The lowest BCUT2D eigenvalue weighted by Crippen LogP contribution is -2.04. The normalized spacial score (nSPS) is 10.6. The monoisotopic (exact) mass is 245 g/mol. The number of hydrogen-bond donors (Lipinski definition) is 1. The van der Waals surface area contributed by atoms with E-state index in [0.717, 1.165) is 36.4 Å². The topological polar surface area (TPSA) is 53.1 Å². The largest absolute Gasteiger partial charge is 0.497 e. The van der Waals surface area contributed by atoms with E-state index in [1.807, 2.05) is 35.0 Å². The van der Waals surface area contributed by atoms with Crippen molar-refractivity contribution in [3.05, 3.63) is 30.3 Å². The van der Waals surface area contributed by atoms with Gasteiger partial charge in [-0.3, -0.25) is 0 Å². The molecule has 0 aliphatic rings. The number of aromatic nitrogens is 2. The molecular formula is C14H19N3O. The first-order chi connectivity index (χ1) is 8.74. The summed E-state index contributed by atoms with van der Waals surface area (Å²) in [6.45, 7) is 3.03. The zero-order valence-electron chi connectivity index (χ0n) is 10.9. The van der Waals surface area contributed by atoms with Crippen molar-refractivity contribution in [1.29, 1.82) is 0 Å². The molecule has 2 rings (SSSR count). The predicted molar refractivity (Wildman–Crippen MR) is 73.5 cm³/mol. The minimum Gasteiger partial charge on any atom is -0.497 e. The lowest BCUT2D eigenvalue weighted by Gasteiger charge is -2.02. The fourth-order valence-electron chi connectivity index (χ4n) is 1.82. The zero-order chi connectivity index (χ0) is 13.0. The maximum Gasteiger partial charge on any atom is 0.122 e. The molecule has 4 nitrogen and oxygen atoms in total. The quantitative estimate of drug-likeness (QED) is 0.881. The van der Waals surface area contributed by atoms with Crippen LogP contribution in [-0.2, 0) is 6.54 Å². The van der Waals surface area contributed by atoms with Crippen molar-refractivity contribution in [3.8, 4) is 17.0 Å². The van der Waals surface area contributed by atoms with Crippen molar-refractivity contribution in [2.24, 2.45) is 0 Å². The molecule has 0 aliphatic heterocycles. The Morgan fingerprint density at radius 1 is 1.28 bits per heavy atom. The highest BCUT2D eigenvalue weighted by molar-refractivity contribution is 5.63. The molecule has 0 atom stereocenters. The van der Waals surface area contributed by atoms with Crippen LogP contribution >= 0.6 is 0 Å². The molecule has 0 unspecified atom stereocenters. The molecule has 0 amide bonds. The minimum absolute atomic E-state index is 0.717. The number of nitrogens with two attached hydrogens (primary N) is 1. The third-order valence-corrected chi connectivity index (χ3v) is 2.92. The zero-order valence-corrected chi connectivity index (χ0v) is 10.9. The van der Waals surface area contributed by atoms with E-state index in [-0.39, 0.29) is 0 Å².